The molecule has 0 fully saturated rings. The minimum Gasteiger partial charge on any atom is -0.481 e. The standard InChI is InChI=1S/C10H15N3O3S/c14-8(15)4-2-1-3-5-11-9(16)13-10-12-6-7-17-10/h6-7H,1-5H2,(H,14,15)(H2,11,12,13,16). The summed E-state index contributed by atoms with van der Waals surface area (Å²) in [6.45, 7) is 0.539. The number of nitrogens with zero attached hydrogens (tertiary/aromatic N) is 1. The van der Waals surface area contributed by atoms with Crippen LogP contribution < -0.4 is 10.6 Å². The van der Waals surface area contributed by atoms with Crippen LogP contribution in [0.3, 0.4) is 0 Å². The Morgan fingerprint density at radius 1 is 1.35 bits per heavy atom. The van der Waals surface area contributed by atoms with Crippen molar-refractivity contribution in [2.45, 2.75) is 25.7 Å². The van der Waals surface area contributed by atoms with Gasteiger partial charge in [0.15, 0.2) is 5.13 Å². The van der Waals surface area contributed by atoms with Gasteiger partial charge in [-0.15, -0.1) is 11.3 Å². The lowest BCUT2D eigenvalue weighted by atomic mass is 10.2. The Morgan fingerprint density at radius 2 is 2.18 bits per heavy atom. The number of aromatic nitrogens is 1. The van der Waals surface area contributed by atoms with Gasteiger partial charge in [0.1, 0.15) is 0 Å². The second-order valence-corrected chi connectivity index (χ2v) is 4.32. The second-order valence-electron chi connectivity index (χ2n) is 3.42. The number of nitrogens with one attached hydrogen (secondary N) is 2. The molecule has 0 bridgehead atoms. The molecule has 17 heavy (non-hydrogen) atoms. The number of unbranched alkanes of at least 4 members (excludes halogenated alkanes) is 2. The van der Waals surface area contributed by atoms with Gasteiger partial charge in [-0.05, 0) is 12.8 Å². The molecule has 7 heteroatoms. The SMILES string of the molecule is O=C(O)CCCCCNC(=O)Nc1nccs1. The van der Waals surface area contributed by atoms with Crippen LogP contribution in [0.15, 0.2) is 11.6 Å². The van der Waals surface area contributed by atoms with Crippen molar-refractivity contribution in [3.05, 3.63) is 11.6 Å². The minimum atomic E-state index is -0.778. The molecule has 1 aromatic rings. The van der Waals surface area contributed by atoms with Gasteiger partial charge < -0.3 is 10.4 Å². The highest BCUT2D eigenvalue weighted by Crippen LogP contribution is 2.09. The maximum Gasteiger partial charge on any atom is 0.321 e. The highest BCUT2D eigenvalue weighted by atomic mass is 32.1. The van der Waals surface area contributed by atoms with E-state index >= 15 is 0 Å². The summed E-state index contributed by atoms with van der Waals surface area (Å²) in [5.74, 6) is -0.778. The maximum atomic E-state index is 11.3. The van der Waals surface area contributed by atoms with E-state index in [1.54, 1.807) is 11.6 Å². The first-order chi connectivity index (χ1) is 8.18. The molecule has 3 N–H and O–H groups in total. The number of amides is 2. The number of thiazole rings is 1. The summed E-state index contributed by atoms with van der Waals surface area (Å²) in [4.78, 5) is 25.4. The molecule has 0 aliphatic rings. The van der Waals surface area contributed by atoms with E-state index in [1.165, 1.54) is 11.3 Å². The highest BCUT2D eigenvalue weighted by Gasteiger charge is 2.02. The number of rotatable bonds is 7. The fourth-order valence-corrected chi connectivity index (χ4v) is 1.73. The summed E-state index contributed by atoms with van der Waals surface area (Å²) in [7, 11) is 0. The summed E-state index contributed by atoms with van der Waals surface area (Å²) < 4.78 is 0. The van der Waals surface area contributed by atoms with Crippen LogP contribution in [-0.4, -0.2) is 28.6 Å². The molecule has 0 spiro atoms. The van der Waals surface area contributed by atoms with E-state index < -0.39 is 5.97 Å². The lowest BCUT2D eigenvalue weighted by molar-refractivity contribution is -0.137. The number of carboxylic acid groups (broad SMARTS) is 1. The number of carbonyl (C=O) groups is 2. The lowest BCUT2D eigenvalue weighted by Gasteiger charge is -2.04. The largest absolute Gasteiger partial charge is 0.481 e. The zero-order valence-corrected chi connectivity index (χ0v) is 10.1. The molecule has 0 aliphatic heterocycles. The molecular formula is C10H15N3O3S. The number of hydrogen-bond acceptors (Lipinski definition) is 4. The number of hydrogen-bond donors (Lipinski definition) is 3. The number of urea groups is 1. The van der Waals surface area contributed by atoms with Crippen LogP contribution in [0.1, 0.15) is 25.7 Å². The molecule has 0 radical (unpaired) electrons. The van der Waals surface area contributed by atoms with Crippen molar-refractivity contribution in [3.63, 3.8) is 0 Å². The van der Waals surface area contributed by atoms with Gasteiger partial charge in [0.25, 0.3) is 0 Å². The summed E-state index contributed by atoms with van der Waals surface area (Å²) in [5.41, 5.74) is 0. The predicted octanol–water partition coefficient (Wildman–Crippen LogP) is 1.91. The fraction of sp³-hybridized carbons (Fsp3) is 0.500. The topological polar surface area (TPSA) is 91.3 Å². The summed E-state index contributed by atoms with van der Waals surface area (Å²) >= 11 is 1.35. The summed E-state index contributed by atoms with van der Waals surface area (Å²) in [6.07, 6.45) is 4.02. The number of carbonyl (C=O) groups excluding carboxylic acids is 1. The van der Waals surface area contributed by atoms with Crippen molar-refractivity contribution in [2.24, 2.45) is 0 Å². The molecule has 1 aromatic heterocycles. The van der Waals surface area contributed by atoms with Gasteiger partial charge in [0.2, 0.25) is 0 Å². The van der Waals surface area contributed by atoms with Gasteiger partial charge in [-0.2, -0.15) is 0 Å². The first-order valence-corrected chi connectivity index (χ1v) is 6.22. The van der Waals surface area contributed by atoms with E-state index in [0.29, 0.717) is 18.1 Å². The smallest absolute Gasteiger partial charge is 0.321 e. The van der Waals surface area contributed by atoms with Crippen LogP contribution in [-0.2, 0) is 4.79 Å². The van der Waals surface area contributed by atoms with Gasteiger partial charge in [0.05, 0.1) is 0 Å². The molecule has 0 saturated heterocycles. The van der Waals surface area contributed by atoms with Crippen molar-refractivity contribution in [1.29, 1.82) is 0 Å². The first kappa shape index (κ1) is 13.4. The van der Waals surface area contributed by atoms with Crippen molar-refractivity contribution in [3.8, 4) is 0 Å². The van der Waals surface area contributed by atoms with Gasteiger partial charge in [-0.1, -0.05) is 6.42 Å². The average molecular weight is 257 g/mol. The van der Waals surface area contributed by atoms with Crippen LogP contribution in [0.5, 0.6) is 0 Å². The quantitative estimate of drug-likeness (QED) is 0.651. The van der Waals surface area contributed by atoms with Crippen molar-refractivity contribution < 1.29 is 14.7 Å². The Labute approximate surface area is 103 Å². The Bertz CT molecular complexity index is 354. The lowest BCUT2D eigenvalue weighted by Crippen LogP contribution is -2.29. The summed E-state index contributed by atoms with van der Waals surface area (Å²) in [5, 5.41) is 16.0. The molecular weight excluding hydrogens is 242 g/mol. The van der Waals surface area contributed by atoms with E-state index in [4.69, 9.17) is 5.11 Å². The van der Waals surface area contributed by atoms with Gasteiger partial charge >= 0.3 is 12.0 Å². The van der Waals surface area contributed by atoms with E-state index in [2.05, 4.69) is 15.6 Å². The van der Waals surface area contributed by atoms with Crippen LogP contribution in [0, 0.1) is 0 Å². The molecule has 1 rings (SSSR count). The molecule has 0 aliphatic carbocycles. The third kappa shape index (κ3) is 6.52. The highest BCUT2D eigenvalue weighted by molar-refractivity contribution is 7.13. The van der Waals surface area contributed by atoms with E-state index in [1.807, 2.05) is 0 Å². The normalized spacial score (nSPS) is 9.88. The molecule has 0 atom stereocenters. The summed E-state index contributed by atoms with van der Waals surface area (Å²) in [6, 6.07) is -0.279. The van der Waals surface area contributed by atoms with Crippen molar-refractivity contribution >= 4 is 28.5 Å². The fourth-order valence-electron chi connectivity index (χ4n) is 1.21. The number of anilines is 1. The predicted molar refractivity (Wildman–Crippen MR) is 65.2 cm³/mol. The first-order valence-electron chi connectivity index (χ1n) is 5.34. The monoisotopic (exact) mass is 257 g/mol. The van der Waals surface area contributed by atoms with Gasteiger partial charge in [-0.25, -0.2) is 9.78 Å². The van der Waals surface area contributed by atoms with E-state index in [-0.39, 0.29) is 12.5 Å². The molecule has 2 amide bonds. The maximum absolute atomic E-state index is 11.3. The molecule has 1 heterocycles. The molecule has 6 nitrogen and oxygen atoms in total. The molecule has 0 unspecified atom stereocenters. The minimum absolute atomic E-state index is 0.186. The Morgan fingerprint density at radius 3 is 2.82 bits per heavy atom. The third-order valence-corrected chi connectivity index (χ3v) is 2.69. The molecule has 0 saturated carbocycles. The van der Waals surface area contributed by atoms with E-state index in [9.17, 15) is 9.59 Å². The van der Waals surface area contributed by atoms with Crippen molar-refractivity contribution in [1.82, 2.24) is 10.3 Å². The average Bonchev–Trinajstić information content (AvgIpc) is 2.75. The van der Waals surface area contributed by atoms with Gasteiger partial charge in [0, 0.05) is 24.5 Å². The molecule has 0 aromatic carbocycles. The number of carboxylic acids is 1. The van der Waals surface area contributed by atoms with Crippen LogP contribution in [0.25, 0.3) is 0 Å². The van der Waals surface area contributed by atoms with Crippen LogP contribution >= 0.6 is 11.3 Å². The Hall–Kier alpha value is -1.63. The Balaban J connectivity index is 1.99. The van der Waals surface area contributed by atoms with Crippen LogP contribution in [0.2, 0.25) is 0 Å². The van der Waals surface area contributed by atoms with Crippen LogP contribution in [0.4, 0.5) is 9.93 Å². The van der Waals surface area contributed by atoms with E-state index in [0.717, 1.165) is 12.8 Å². The zero-order valence-electron chi connectivity index (χ0n) is 9.31. The van der Waals surface area contributed by atoms with Crippen molar-refractivity contribution in [2.75, 3.05) is 11.9 Å². The molecule has 94 valence electrons. The van der Waals surface area contributed by atoms with Gasteiger partial charge in [-0.3, -0.25) is 10.1 Å². The Kier molecular flexibility index (Phi) is 6.02. The number of aliphatic carboxylic acids is 1. The zero-order chi connectivity index (χ0) is 12.5. The second kappa shape index (κ2) is 7.61. The third-order valence-electron chi connectivity index (χ3n) is 2.01.